The number of carbonyl (C=O) groups excluding carboxylic acids is 1. The van der Waals surface area contributed by atoms with Crippen LogP contribution in [0.1, 0.15) is 23.9 Å². The van der Waals surface area contributed by atoms with Gasteiger partial charge in [0.15, 0.2) is 5.69 Å². The molecule has 0 saturated carbocycles. The highest BCUT2D eigenvalue weighted by atomic mass is 16.6. The lowest BCUT2D eigenvalue weighted by molar-refractivity contribution is -0.133. The van der Waals surface area contributed by atoms with Crippen LogP contribution in [0.2, 0.25) is 0 Å². The van der Waals surface area contributed by atoms with Crippen molar-refractivity contribution in [3.63, 3.8) is 0 Å². The first-order valence-corrected chi connectivity index (χ1v) is 9.17. The molecule has 2 heterocycles. The largest absolute Gasteiger partial charge is 0.405 e. The molecule has 4 aromatic rings. The van der Waals surface area contributed by atoms with E-state index in [0.29, 0.717) is 17.3 Å². The Bertz CT molecular complexity index is 1230. The van der Waals surface area contributed by atoms with Gasteiger partial charge in [0.25, 0.3) is 0 Å². The molecule has 6 nitrogen and oxygen atoms in total. The summed E-state index contributed by atoms with van der Waals surface area (Å²) in [5.74, 6) is -0.125. The van der Waals surface area contributed by atoms with Crippen LogP contribution in [0.3, 0.4) is 0 Å². The van der Waals surface area contributed by atoms with Crippen molar-refractivity contribution < 1.29 is 13.9 Å². The summed E-state index contributed by atoms with van der Waals surface area (Å²) in [6.07, 6.45) is 1.53. The number of pyridine rings is 1. The molecule has 0 N–H and O–H groups in total. The van der Waals surface area contributed by atoms with Gasteiger partial charge in [-0.15, -0.1) is 0 Å². The molecule has 144 valence electrons. The van der Waals surface area contributed by atoms with Crippen molar-refractivity contribution in [2.75, 3.05) is 0 Å². The predicted octanol–water partition coefficient (Wildman–Crippen LogP) is 5.18. The minimum absolute atomic E-state index is 0.0145. The van der Waals surface area contributed by atoms with Crippen LogP contribution in [0.15, 0.2) is 64.0 Å². The molecule has 0 aliphatic rings. The molecule has 0 radical (unpaired) electrons. The number of nitrogens with zero attached hydrogens (tertiary/aromatic N) is 3. The standard InChI is InChI=1S/C23H19N3O3/c1-14-12-15(2)25-21-18(14)10-7-11-19(21)24-13-20-23(28-16(3)27)29-22(26-20)17-8-5-4-6-9-17/h4-13H,1-3H3. The van der Waals surface area contributed by atoms with Crippen LogP contribution >= 0.6 is 0 Å². The van der Waals surface area contributed by atoms with E-state index in [0.717, 1.165) is 27.7 Å². The monoisotopic (exact) mass is 385 g/mol. The van der Waals surface area contributed by atoms with E-state index in [1.807, 2.05) is 68.4 Å². The van der Waals surface area contributed by atoms with Crippen LogP contribution in [0.5, 0.6) is 5.95 Å². The number of para-hydroxylation sites is 1. The first kappa shape index (κ1) is 18.6. The van der Waals surface area contributed by atoms with Crippen molar-refractivity contribution in [1.82, 2.24) is 9.97 Å². The van der Waals surface area contributed by atoms with E-state index in [1.54, 1.807) is 0 Å². The fourth-order valence-electron chi connectivity index (χ4n) is 3.11. The molecule has 2 aromatic heterocycles. The Morgan fingerprint density at radius 3 is 2.62 bits per heavy atom. The number of oxazole rings is 1. The van der Waals surface area contributed by atoms with Crippen molar-refractivity contribution in [2.24, 2.45) is 4.99 Å². The Kier molecular flexibility index (Phi) is 4.91. The van der Waals surface area contributed by atoms with Gasteiger partial charge in [0.05, 0.1) is 17.4 Å². The molecular formula is C23H19N3O3. The molecule has 0 aliphatic carbocycles. The Morgan fingerprint density at radius 2 is 1.86 bits per heavy atom. The van der Waals surface area contributed by atoms with Gasteiger partial charge in [0.2, 0.25) is 5.89 Å². The summed E-state index contributed by atoms with van der Waals surface area (Å²) < 4.78 is 10.9. The van der Waals surface area contributed by atoms with Crippen molar-refractivity contribution in [3.05, 3.63) is 71.5 Å². The highest BCUT2D eigenvalue weighted by Crippen LogP contribution is 2.29. The minimum atomic E-state index is -0.492. The molecule has 0 aliphatic heterocycles. The fraction of sp³-hybridized carbons (Fsp3) is 0.130. The average Bonchev–Trinajstić information content (AvgIpc) is 3.09. The number of aromatic nitrogens is 2. The van der Waals surface area contributed by atoms with E-state index in [-0.39, 0.29) is 5.95 Å². The third-order valence-corrected chi connectivity index (χ3v) is 4.36. The van der Waals surface area contributed by atoms with Gasteiger partial charge in [-0.05, 0) is 43.7 Å². The Hall–Kier alpha value is -3.80. The summed E-state index contributed by atoms with van der Waals surface area (Å²) in [7, 11) is 0. The Labute approximate surface area is 167 Å². The van der Waals surface area contributed by atoms with Crippen LogP contribution in [0, 0.1) is 13.8 Å². The van der Waals surface area contributed by atoms with Crippen molar-refractivity contribution in [3.8, 4) is 17.4 Å². The van der Waals surface area contributed by atoms with Crippen molar-refractivity contribution in [1.29, 1.82) is 0 Å². The van der Waals surface area contributed by atoms with Gasteiger partial charge in [-0.25, -0.2) is 4.98 Å². The maximum absolute atomic E-state index is 11.5. The zero-order valence-electron chi connectivity index (χ0n) is 16.3. The highest BCUT2D eigenvalue weighted by molar-refractivity contribution is 5.94. The third kappa shape index (κ3) is 3.91. The molecule has 0 amide bonds. The topological polar surface area (TPSA) is 77.6 Å². The average molecular weight is 385 g/mol. The molecule has 0 unspecified atom stereocenters. The molecule has 0 saturated heterocycles. The smallest absolute Gasteiger partial charge is 0.322 e. The number of hydrogen-bond donors (Lipinski definition) is 0. The SMILES string of the molecule is CC(=O)Oc1oc(-c2ccccc2)nc1C=Nc1cccc2c(C)cc(C)nc12. The van der Waals surface area contributed by atoms with Crippen molar-refractivity contribution in [2.45, 2.75) is 20.8 Å². The van der Waals surface area contributed by atoms with Gasteiger partial charge in [-0.3, -0.25) is 14.8 Å². The lowest BCUT2D eigenvalue weighted by Gasteiger charge is -2.05. The zero-order chi connectivity index (χ0) is 20.4. The molecule has 6 heteroatoms. The van der Waals surface area contributed by atoms with E-state index < -0.39 is 5.97 Å². The van der Waals surface area contributed by atoms with Gasteiger partial charge in [-0.1, -0.05) is 30.3 Å². The first-order valence-electron chi connectivity index (χ1n) is 9.17. The van der Waals surface area contributed by atoms with E-state index in [2.05, 4.69) is 15.0 Å². The summed E-state index contributed by atoms with van der Waals surface area (Å²) >= 11 is 0. The summed E-state index contributed by atoms with van der Waals surface area (Å²) in [4.78, 5) is 25.1. The number of esters is 1. The molecular weight excluding hydrogens is 366 g/mol. The quantitative estimate of drug-likeness (QED) is 0.357. The molecule has 0 atom stereocenters. The highest BCUT2D eigenvalue weighted by Gasteiger charge is 2.16. The van der Waals surface area contributed by atoms with Gasteiger partial charge < -0.3 is 9.15 Å². The van der Waals surface area contributed by atoms with Crippen LogP contribution in [-0.2, 0) is 4.79 Å². The molecule has 0 spiro atoms. The summed E-state index contributed by atoms with van der Waals surface area (Å²) in [5, 5.41) is 1.04. The molecule has 4 rings (SSSR count). The maximum atomic E-state index is 11.5. The molecule has 29 heavy (non-hydrogen) atoms. The summed E-state index contributed by atoms with van der Waals surface area (Å²) in [6, 6.07) is 17.3. The molecule has 0 bridgehead atoms. The van der Waals surface area contributed by atoms with E-state index in [1.165, 1.54) is 13.1 Å². The van der Waals surface area contributed by atoms with Gasteiger partial charge in [-0.2, -0.15) is 0 Å². The zero-order valence-corrected chi connectivity index (χ0v) is 16.3. The minimum Gasteiger partial charge on any atom is -0.405 e. The van der Waals surface area contributed by atoms with Gasteiger partial charge >= 0.3 is 11.9 Å². The number of aliphatic imine (C=N–C) groups is 1. The number of benzene rings is 2. The van der Waals surface area contributed by atoms with Crippen LogP contribution < -0.4 is 4.74 Å². The van der Waals surface area contributed by atoms with Crippen LogP contribution in [0.4, 0.5) is 5.69 Å². The lowest BCUT2D eigenvalue weighted by Crippen LogP contribution is -2.02. The number of ether oxygens (including phenoxy) is 1. The maximum Gasteiger partial charge on any atom is 0.322 e. The van der Waals surface area contributed by atoms with E-state index >= 15 is 0 Å². The Morgan fingerprint density at radius 1 is 1.07 bits per heavy atom. The number of hydrogen-bond acceptors (Lipinski definition) is 6. The first-order chi connectivity index (χ1) is 14.0. The number of fused-ring (bicyclic) bond motifs is 1. The second-order valence-corrected chi connectivity index (χ2v) is 6.66. The predicted molar refractivity (Wildman–Crippen MR) is 112 cm³/mol. The number of rotatable bonds is 4. The van der Waals surface area contributed by atoms with Crippen LogP contribution in [-0.4, -0.2) is 22.2 Å². The van der Waals surface area contributed by atoms with E-state index in [9.17, 15) is 4.79 Å². The Balaban J connectivity index is 1.77. The fourth-order valence-corrected chi connectivity index (χ4v) is 3.11. The number of carbonyl (C=O) groups is 1. The second-order valence-electron chi connectivity index (χ2n) is 6.66. The third-order valence-electron chi connectivity index (χ3n) is 4.36. The molecule has 0 fully saturated rings. The molecule has 2 aromatic carbocycles. The van der Waals surface area contributed by atoms with Crippen molar-refractivity contribution >= 4 is 28.8 Å². The normalized spacial score (nSPS) is 11.3. The van der Waals surface area contributed by atoms with E-state index in [4.69, 9.17) is 9.15 Å². The summed E-state index contributed by atoms with van der Waals surface area (Å²) in [5.41, 5.74) is 4.68. The second kappa shape index (κ2) is 7.67. The summed E-state index contributed by atoms with van der Waals surface area (Å²) in [6.45, 7) is 5.31. The van der Waals surface area contributed by atoms with Gasteiger partial charge in [0, 0.05) is 23.6 Å². The number of aryl methyl sites for hydroxylation is 2. The lowest BCUT2D eigenvalue weighted by atomic mass is 10.1. The van der Waals surface area contributed by atoms with Crippen LogP contribution in [0.25, 0.3) is 22.4 Å². The van der Waals surface area contributed by atoms with Gasteiger partial charge in [0.1, 0.15) is 0 Å².